The number of primary amides is 1. The molecule has 3 aliphatic rings. The molecule has 378 valence electrons. The number of rotatable bonds is 12. The predicted octanol–water partition coefficient (Wildman–Crippen LogP) is 1.36. The van der Waals surface area contributed by atoms with E-state index >= 15 is 4.79 Å². The zero-order valence-electron chi connectivity index (χ0n) is 40.0. The molecule has 2 saturated heterocycles. The fourth-order valence-corrected chi connectivity index (χ4v) is 10.1. The summed E-state index contributed by atoms with van der Waals surface area (Å²) in [5, 5.41) is 22.4. The molecular formula is C50H63N11O10. The molecule has 3 aliphatic heterocycles. The van der Waals surface area contributed by atoms with E-state index < -0.39 is 95.9 Å². The monoisotopic (exact) mass is 977 g/mol. The SMILES string of the molecule is CCCC[C@H](NC(C)=O)C(=O)N1[C@H](C(N)=O)CCCCNC(=O)[C@H](Cc2c[nH]c3ccccc23)NC(=O)[C@@H]2CCCN2C(=O)[C@@H]2Cc3ccccc3N(C2)C(=O)[C@H](Cc2cnc[nH]2)NC(=O)[C@@H]1CC(=O)O. The zero-order chi connectivity index (χ0) is 50.8. The molecule has 9 N–H and O–H groups in total. The first kappa shape index (κ1) is 51.3. The number of aromatic amines is 2. The van der Waals surface area contributed by atoms with Crippen molar-refractivity contribution in [3.63, 3.8) is 0 Å². The van der Waals surface area contributed by atoms with E-state index in [1.165, 1.54) is 29.2 Å². The number of nitrogens with two attached hydrogens (primary N) is 1. The first-order valence-corrected chi connectivity index (χ1v) is 24.4. The number of carbonyl (C=O) groups is 9. The number of para-hydroxylation sites is 2. The van der Waals surface area contributed by atoms with Crippen LogP contribution < -0.4 is 31.9 Å². The summed E-state index contributed by atoms with van der Waals surface area (Å²) < 4.78 is 0. The van der Waals surface area contributed by atoms with Gasteiger partial charge in [-0.05, 0) is 68.2 Å². The van der Waals surface area contributed by atoms with E-state index in [4.69, 9.17) is 5.73 Å². The number of amides is 8. The molecule has 71 heavy (non-hydrogen) atoms. The number of imidazole rings is 1. The van der Waals surface area contributed by atoms with Crippen molar-refractivity contribution in [3.8, 4) is 0 Å². The second-order valence-corrected chi connectivity index (χ2v) is 18.6. The minimum Gasteiger partial charge on any atom is -0.481 e. The number of aromatic nitrogens is 3. The Balaban J connectivity index is 1.31. The molecule has 7 atom stereocenters. The van der Waals surface area contributed by atoms with Crippen molar-refractivity contribution in [2.45, 2.75) is 127 Å². The number of aliphatic carboxylic acids is 1. The van der Waals surface area contributed by atoms with Crippen LogP contribution in [0.4, 0.5) is 5.69 Å². The maximum atomic E-state index is 15.2. The van der Waals surface area contributed by atoms with Gasteiger partial charge in [0, 0.05) is 74.1 Å². The van der Waals surface area contributed by atoms with Crippen LogP contribution in [0.25, 0.3) is 10.9 Å². The maximum Gasteiger partial charge on any atom is 0.305 e. The first-order valence-electron chi connectivity index (χ1n) is 24.4. The molecule has 0 aliphatic carbocycles. The number of carbonyl (C=O) groups excluding carboxylic acids is 8. The lowest BCUT2D eigenvalue weighted by Gasteiger charge is -2.40. The largest absolute Gasteiger partial charge is 0.481 e. The van der Waals surface area contributed by atoms with Crippen molar-refractivity contribution < 1.29 is 48.3 Å². The highest BCUT2D eigenvalue weighted by Crippen LogP contribution is 2.33. The number of fused-ring (bicyclic) bond motifs is 6. The molecule has 0 saturated carbocycles. The van der Waals surface area contributed by atoms with Gasteiger partial charge >= 0.3 is 5.97 Å². The molecule has 21 heteroatoms. The minimum atomic E-state index is -1.94. The molecule has 2 fully saturated rings. The number of hydrogen-bond donors (Lipinski definition) is 8. The van der Waals surface area contributed by atoms with Gasteiger partial charge in [-0.1, -0.05) is 56.2 Å². The van der Waals surface area contributed by atoms with E-state index in [-0.39, 0.29) is 70.5 Å². The number of hydrogen-bond acceptors (Lipinski definition) is 10. The lowest BCUT2D eigenvalue weighted by molar-refractivity contribution is -0.153. The normalized spacial score (nSPS) is 23.3. The van der Waals surface area contributed by atoms with Crippen LogP contribution in [-0.4, -0.2) is 139 Å². The van der Waals surface area contributed by atoms with E-state index in [0.717, 1.165) is 21.4 Å². The van der Waals surface area contributed by atoms with Crippen LogP contribution in [0.15, 0.2) is 67.3 Å². The van der Waals surface area contributed by atoms with Crippen molar-refractivity contribution in [2.24, 2.45) is 11.7 Å². The molecule has 7 rings (SSSR count). The van der Waals surface area contributed by atoms with Gasteiger partial charge in [-0.3, -0.25) is 43.2 Å². The summed E-state index contributed by atoms with van der Waals surface area (Å²) in [7, 11) is 0. The van der Waals surface area contributed by atoms with Crippen molar-refractivity contribution in [3.05, 3.63) is 84.1 Å². The summed E-state index contributed by atoms with van der Waals surface area (Å²) in [5.74, 6) is -8.14. The molecule has 2 aromatic carbocycles. The summed E-state index contributed by atoms with van der Waals surface area (Å²) in [6.45, 7) is 3.19. The molecule has 2 bridgehead atoms. The number of unbranched alkanes of at least 4 members (excludes halogenated alkanes) is 1. The average molecular weight is 978 g/mol. The lowest BCUT2D eigenvalue weighted by atomic mass is 9.90. The summed E-state index contributed by atoms with van der Waals surface area (Å²) in [6, 6.07) is 6.22. The number of carboxylic acids is 1. The third kappa shape index (κ3) is 12.2. The quantitative estimate of drug-likeness (QED) is 0.100. The molecule has 0 spiro atoms. The molecule has 5 heterocycles. The van der Waals surface area contributed by atoms with Crippen molar-refractivity contribution in [1.29, 1.82) is 0 Å². The Kier molecular flexibility index (Phi) is 16.9. The molecule has 2 aromatic heterocycles. The third-order valence-corrected chi connectivity index (χ3v) is 13.6. The fourth-order valence-electron chi connectivity index (χ4n) is 10.1. The van der Waals surface area contributed by atoms with Gasteiger partial charge in [-0.15, -0.1) is 0 Å². The number of benzene rings is 2. The molecule has 21 nitrogen and oxygen atoms in total. The third-order valence-electron chi connectivity index (χ3n) is 13.6. The lowest BCUT2D eigenvalue weighted by Crippen LogP contribution is -2.64. The van der Waals surface area contributed by atoms with Crippen molar-refractivity contribution >= 4 is 69.8 Å². The molecule has 4 aromatic rings. The summed E-state index contributed by atoms with van der Waals surface area (Å²) in [5.41, 5.74) is 9.16. The topological polar surface area (TPSA) is 302 Å². The predicted molar refractivity (Wildman–Crippen MR) is 259 cm³/mol. The van der Waals surface area contributed by atoms with Crippen molar-refractivity contribution in [2.75, 3.05) is 24.5 Å². The van der Waals surface area contributed by atoms with E-state index in [1.807, 2.05) is 31.2 Å². The summed E-state index contributed by atoms with van der Waals surface area (Å²) >= 11 is 0. The van der Waals surface area contributed by atoms with E-state index in [1.54, 1.807) is 30.5 Å². The van der Waals surface area contributed by atoms with Crippen LogP contribution in [0.5, 0.6) is 0 Å². The average Bonchev–Trinajstić information content (AvgIpc) is 4.15. The number of nitrogens with zero attached hydrogens (tertiary/aromatic N) is 4. The highest BCUT2D eigenvalue weighted by Gasteiger charge is 2.45. The van der Waals surface area contributed by atoms with Crippen LogP contribution >= 0.6 is 0 Å². The van der Waals surface area contributed by atoms with Crippen LogP contribution in [0, 0.1) is 5.92 Å². The number of H-pyrrole nitrogens is 2. The Morgan fingerprint density at radius 1 is 0.887 bits per heavy atom. The highest BCUT2D eigenvalue weighted by molar-refractivity contribution is 6.03. The van der Waals surface area contributed by atoms with Gasteiger partial charge in [-0.25, -0.2) is 4.98 Å². The molecule has 8 amide bonds. The van der Waals surface area contributed by atoms with E-state index in [2.05, 4.69) is 36.2 Å². The zero-order valence-corrected chi connectivity index (χ0v) is 40.0. The van der Waals surface area contributed by atoms with Gasteiger partial charge in [0.05, 0.1) is 18.7 Å². The molecule has 0 radical (unpaired) electrons. The van der Waals surface area contributed by atoms with Crippen molar-refractivity contribution in [1.82, 2.24) is 46.0 Å². The summed E-state index contributed by atoms with van der Waals surface area (Å²) in [6.07, 6.45) is 5.80. The van der Waals surface area contributed by atoms with Crippen LogP contribution in [0.3, 0.4) is 0 Å². The molecular weight excluding hydrogens is 915 g/mol. The fraction of sp³-hybridized carbons (Fsp3) is 0.480. The smallest absolute Gasteiger partial charge is 0.305 e. The van der Waals surface area contributed by atoms with Crippen LogP contribution in [-0.2, 0) is 62.4 Å². The highest BCUT2D eigenvalue weighted by atomic mass is 16.4. The van der Waals surface area contributed by atoms with Gasteiger partial charge in [0.15, 0.2) is 0 Å². The van der Waals surface area contributed by atoms with Crippen LogP contribution in [0.1, 0.15) is 88.5 Å². The number of carboxylic acid groups (broad SMARTS) is 1. The second kappa shape index (κ2) is 23.4. The Bertz CT molecular complexity index is 2620. The van der Waals surface area contributed by atoms with E-state index in [0.29, 0.717) is 42.6 Å². The Hall–Kier alpha value is -7.58. The van der Waals surface area contributed by atoms with E-state index in [9.17, 15) is 43.5 Å². The van der Waals surface area contributed by atoms with Gasteiger partial charge < -0.3 is 56.8 Å². The molecule has 0 unspecified atom stereocenters. The number of anilines is 1. The second-order valence-electron chi connectivity index (χ2n) is 18.6. The Morgan fingerprint density at radius 3 is 2.38 bits per heavy atom. The number of nitrogens with one attached hydrogen (secondary N) is 6. The Labute approximate surface area is 410 Å². The Morgan fingerprint density at radius 2 is 1.65 bits per heavy atom. The van der Waals surface area contributed by atoms with Gasteiger partial charge in [0.25, 0.3) is 0 Å². The first-order chi connectivity index (χ1) is 34.1. The summed E-state index contributed by atoms with van der Waals surface area (Å²) in [4.78, 5) is 141. The van der Waals surface area contributed by atoms with Gasteiger partial charge in [0.2, 0.25) is 47.3 Å². The maximum absolute atomic E-state index is 15.2. The minimum absolute atomic E-state index is 0.0354. The van der Waals surface area contributed by atoms with Gasteiger partial charge in [-0.2, -0.15) is 0 Å². The standard InChI is InChI=1S/C50H63N11O10/c1-3-4-14-36(56-29(2)62)50(71)61-40(44(51)65)17-9-10-19-53-45(66)37(22-31-25-54-35-15-7-6-13-34(31)35)57-46(67)41-18-11-20-59(41)48(69)32-21-30-12-5-8-16-39(30)60(27-32)49(70)38(23-33-26-52-28-55-33)58-47(68)42(61)24-43(63)64/h5-8,12-13,15-16,25-26,28,32,36-38,40-42,54H,3-4,9-11,14,17-24,27H2,1-2H3,(H2,51,65)(H,52,55)(H,53,66)(H,56,62)(H,57,67)(H,58,68)(H,63,64)/t32-,36+,37+,38+,40+,41+,42+/m1/s1. The van der Waals surface area contributed by atoms with Gasteiger partial charge in [0.1, 0.15) is 36.3 Å². The van der Waals surface area contributed by atoms with Crippen LogP contribution in [0.2, 0.25) is 0 Å².